The molecule has 0 bridgehead atoms. The average Bonchev–Trinajstić information content (AvgIpc) is 2.41. The second-order valence-electron chi connectivity index (χ2n) is 4.15. The number of hydrogen-bond donors (Lipinski definition) is 1. The van der Waals surface area contributed by atoms with Gasteiger partial charge < -0.3 is 9.84 Å². The fourth-order valence-electron chi connectivity index (χ4n) is 1.65. The van der Waals surface area contributed by atoms with Crippen LogP contribution in [0.25, 0.3) is 0 Å². The molecule has 0 aromatic heterocycles. The highest BCUT2D eigenvalue weighted by molar-refractivity contribution is 7.99. The summed E-state index contributed by atoms with van der Waals surface area (Å²) < 4.78 is 19.0. The number of aliphatic hydroxyl groups excluding tert-OH is 1. The van der Waals surface area contributed by atoms with Crippen LogP contribution in [-0.4, -0.2) is 12.2 Å². The molecule has 2 aromatic rings. The number of ether oxygens (including phenoxy) is 1. The summed E-state index contributed by atoms with van der Waals surface area (Å²) in [4.78, 5) is 1.43. The van der Waals surface area contributed by atoms with Crippen molar-refractivity contribution < 1.29 is 14.2 Å². The van der Waals surface area contributed by atoms with Gasteiger partial charge in [-0.1, -0.05) is 23.9 Å². The Kier molecular flexibility index (Phi) is 4.45. The summed E-state index contributed by atoms with van der Waals surface area (Å²) in [5, 5.41) is 9.41. The summed E-state index contributed by atoms with van der Waals surface area (Å²) in [7, 11) is 1.60. The molecule has 0 aliphatic rings. The van der Waals surface area contributed by atoms with Crippen LogP contribution >= 0.6 is 11.8 Å². The normalized spacial score (nSPS) is 12.2. The van der Waals surface area contributed by atoms with E-state index >= 15 is 0 Å². The Balaban J connectivity index is 2.23. The van der Waals surface area contributed by atoms with Gasteiger partial charge in [-0.2, -0.15) is 0 Å². The predicted molar refractivity (Wildman–Crippen MR) is 74.2 cm³/mol. The lowest BCUT2D eigenvalue weighted by molar-refractivity contribution is 0.198. The van der Waals surface area contributed by atoms with E-state index < -0.39 is 6.10 Å². The van der Waals surface area contributed by atoms with Crippen LogP contribution in [-0.2, 0) is 0 Å². The van der Waals surface area contributed by atoms with E-state index in [4.69, 9.17) is 4.74 Å². The minimum Gasteiger partial charge on any atom is -0.497 e. The summed E-state index contributed by atoms with van der Waals surface area (Å²) in [6, 6.07) is 12.2. The van der Waals surface area contributed by atoms with Crippen LogP contribution in [0.5, 0.6) is 5.75 Å². The molecule has 0 radical (unpaired) electrons. The predicted octanol–water partition coefficient (Wildman–Crippen LogP) is 4.04. The first-order valence-electron chi connectivity index (χ1n) is 5.89. The van der Waals surface area contributed by atoms with E-state index in [-0.39, 0.29) is 5.82 Å². The lowest BCUT2D eigenvalue weighted by atomic mass is 10.1. The van der Waals surface area contributed by atoms with E-state index in [9.17, 15) is 9.50 Å². The zero-order valence-corrected chi connectivity index (χ0v) is 11.6. The molecule has 2 nitrogen and oxygen atoms in total. The average molecular weight is 278 g/mol. The van der Waals surface area contributed by atoms with E-state index in [1.54, 1.807) is 26.2 Å². The zero-order valence-electron chi connectivity index (χ0n) is 10.8. The molecule has 0 heterocycles. The molecule has 0 fully saturated rings. The molecular weight excluding hydrogens is 263 g/mol. The molecular formula is C15H15FO2S. The highest BCUT2D eigenvalue weighted by Gasteiger charge is 2.08. The molecule has 0 spiro atoms. The molecule has 2 rings (SSSR count). The van der Waals surface area contributed by atoms with Crippen molar-refractivity contribution in [3.8, 4) is 5.75 Å². The molecule has 1 atom stereocenters. The first kappa shape index (κ1) is 13.9. The van der Waals surface area contributed by atoms with Gasteiger partial charge in [0.2, 0.25) is 0 Å². The number of rotatable bonds is 4. The molecule has 0 aliphatic carbocycles. The Hall–Kier alpha value is -1.52. The summed E-state index contributed by atoms with van der Waals surface area (Å²) in [6.45, 7) is 1.61. The fraction of sp³-hybridized carbons (Fsp3) is 0.200. The third-order valence-corrected chi connectivity index (χ3v) is 3.75. The van der Waals surface area contributed by atoms with Crippen LogP contribution in [0.3, 0.4) is 0 Å². The topological polar surface area (TPSA) is 29.5 Å². The van der Waals surface area contributed by atoms with Crippen LogP contribution < -0.4 is 4.74 Å². The van der Waals surface area contributed by atoms with Crippen molar-refractivity contribution in [2.24, 2.45) is 0 Å². The molecule has 2 aromatic carbocycles. The first-order valence-corrected chi connectivity index (χ1v) is 6.71. The minimum atomic E-state index is -0.662. The third kappa shape index (κ3) is 3.49. The molecule has 4 heteroatoms. The van der Waals surface area contributed by atoms with Crippen molar-refractivity contribution in [1.29, 1.82) is 0 Å². The van der Waals surface area contributed by atoms with Gasteiger partial charge in [-0.3, -0.25) is 0 Å². The molecule has 0 saturated heterocycles. The van der Waals surface area contributed by atoms with E-state index in [0.29, 0.717) is 10.5 Å². The maximum atomic E-state index is 13.9. The van der Waals surface area contributed by atoms with E-state index in [1.165, 1.54) is 17.8 Å². The third-order valence-electron chi connectivity index (χ3n) is 2.71. The SMILES string of the molecule is COc1cccc(Sc2ccc([C@@H](C)O)cc2F)c1. The van der Waals surface area contributed by atoms with Gasteiger partial charge in [-0.25, -0.2) is 4.39 Å². The smallest absolute Gasteiger partial charge is 0.137 e. The summed E-state index contributed by atoms with van der Waals surface area (Å²) in [6.07, 6.45) is -0.662. The van der Waals surface area contributed by atoms with E-state index in [2.05, 4.69) is 0 Å². The standard InChI is InChI=1S/C15H15FO2S/c1-10(17)11-6-7-15(14(16)8-11)19-13-5-3-4-12(9-13)18-2/h3-10,17H,1-2H3/t10-/m1/s1. The van der Waals surface area contributed by atoms with Crippen LogP contribution in [0.15, 0.2) is 52.3 Å². The van der Waals surface area contributed by atoms with Gasteiger partial charge in [0, 0.05) is 9.79 Å². The number of benzene rings is 2. The van der Waals surface area contributed by atoms with Gasteiger partial charge in [0.15, 0.2) is 0 Å². The van der Waals surface area contributed by atoms with Gasteiger partial charge in [0.25, 0.3) is 0 Å². The number of halogens is 1. The number of methoxy groups -OCH3 is 1. The monoisotopic (exact) mass is 278 g/mol. The van der Waals surface area contributed by atoms with Gasteiger partial charge in [-0.05, 0) is 42.8 Å². The highest BCUT2D eigenvalue weighted by atomic mass is 32.2. The highest BCUT2D eigenvalue weighted by Crippen LogP contribution is 2.32. The van der Waals surface area contributed by atoms with E-state index in [1.807, 2.05) is 24.3 Å². The van der Waals surface area contributed by atoms with Gasteiger partial charge >= 0.3 is 0 Å². The lowest BCUT2D eigenvalue weighted by Crippen LogP contribution is -1.93. The van der Waals surface area contributed by atoms with Crippen molar-refractivity contribution in [3.05, 3.63) is 53.8 Å². The van der Waals surface area contributed by atoms with Gasteiger partial charge in [0.1, 0.15) is 11.6 Å². The van der Waals surface area contributed by atoms with Crippen molar-refractivity contribution >= 4 is 11.8 Å². The van der Waals surface area contributed by atoms with Crippen molar-refractivity contribution in [2.45, 2.75) is 22.8 Å². The van der Waals surface area contributed by atoms with Crippen LogP contribution in [0.1, 0.15) is 18.6 Å². The Labute approximate surface area is 116 Å². The largest absolute Gasteiger partial charge is 0.497 e. The fourth-order valence-corrected chi connectivity index (χ4v) is 2.52. The molecule has 1 N–H and O–H groups in total. The molecule has 0 saturated carbocycles. The minimum absolute atomic E-state index is 0.328. The number of aliphatic hydroxyl groups is 1. The van der Waals surface area contributed by atoms with Crippen LogP contribution in [0.2, 0.25) is 0 Å². The van der Waals surface area contributed by atoms with E-state index in [0.717, 1.165) is 10.6 Å². The van der Waals surface area contributed by atoms with Crippen LogP contribution in [0.4, 0.5) is 4.39 Å². The summed E-state index contributed by atoms with van der Waals surface area (Å²) >= 11 is 1.33. The van der Waals surface area contributed by atoms with Crippen molar-refractivity contribution in [3.63, 3.8) is 0 Å². The molecule has 0 amide bonds. The molecule has 100 valence electrons. The van der Waals surface area contributed by atoms with Gasteiger partial charge in [0.05, 0.1) is 13.2 Å². The lowest BCUT2D eigenvalue weighted by Gasteiger charge is -2.08. The second-order valence-corrected chi connectivity index (χ2v) is 5.26. The van der Waals surface area contributed by atoms with Crippen LogP contribution in [0, 0.1) is 5.82 Å². The Morgan fingerprint density at radius 1 is 1.21 bits per heavy atom. The maximum absolute atomic E-state index is 13.9. The Morgan fingerprint density at radius 2 is 2.00 bits per heavy atom. The number of hydrogen-bond acceptors (Lipinski definition) is 3. The zero-order chi connectivity index (χ0) is 13.8. The Bertz CT molecular complexity index is 570. The molecule has 19 heavy (non-hydrogen) atoms. The summed E-state index contributed by atoms with van der Waals surface area (Å²) in [5.41, 5.74) is 0.576. The van der Waals surface area contributed by atoms with Crippen molar-refractivity contribution in [1.82, 2.24) is 0 Å². The van der Waals surface area contributed by atoms with Gasteiger partial charge in [-0.15, -0.1) is 0 Å². The quantitative estimate of drug-likeness (QED) is 0.915. The molecule has 0 aliphatic heterocycles. The Morgan fingerprint density at radius 3 is 2.63 bits per heavy atom. The molecule has 0 unspecified atom stereocenters. The second kappa shape index (κ2) is 6.08. The first-order chi connectivity index (χ1) is 9.10. The maximum Gasteiger partial charge on any atom is 0.137 e. The summed E-state index contributed by atoms with van der Waals surface area (Å²) in [5.74, 6) is 0.414. The van der Waals surface area contributed by atoms with Crippen molar-refractivity contribution in [2.75, 3.05) is 7.11 Å².